The molecule has 8 heteroatoms. The number of carbonyl (C=O) groups is 3. The lowest BCUT2D eigenvalue weighted by Crippen LogP contribution is -2.55. The van der Waals surface area contributed by atoms with Gasteiger partial charge in [0.15, 0.2) is 0 Å². The van der Waals surface area contributed by atoms with Crippen molar-refractivity contribution in [2.45, 2.75) is 44.2 Å². The van der Waals surface area contributed by atoms with Crippen molar-refractivity contribution in [3.8, 4) is 0 Å². The van der Waals surface area contributed by atoms with E-state index < -0.39 is 35.7 Å². The van der Waals surface area contributed by atoms with Crippen molar-refractivity contribution in [3.05, 3.63) is 71.8 Å². The van der Waals surface area contributed by atoms with Crippen molar-refractivity contribution in [2.24, 2.45) is 0 Å². The lowest BCUT2D eigenvalue weighted by molar-refractivity contribution is -0.156. The first-order valence-electron chi connectivity index (χ1n) is 10.5. The SMILES string of the molecule is CCC(NC(=O)[C@H](Cc1ccccc1)NC(=O)[C@]1(C(=O)OCc2ccccc2)CO1)OC. The summed E-state index contributed by atoms with van der Waals surface area (Å²) in [6.07, 6.45) is 0.320. The zero-order chi connectivity index (χ0) is 23.0. The molecule has 0 aliphatic carbocycles. The van der Waals surface area contributed by atoms with Gasteiger partial charge in [-0.2, -0.15) is 0 Å². The van der Waals surface area contributed by atoms with Gasteiger partial charge in [0, 0.05) is 13.5 Å². The first-order chi connectivity index (χ1) is 15.5. The fourth-order valence-corrected chi connectivity index (χ4v) is 3.17. The minimum atomic E-state index is -1.73. The maximum absolute atomic E-state index is 13.0. The Morgan fingerprint density at radius 3 is 2.12 bits per heavy atom. The molecule has 0 spiro atoms. The Labute approximate surface area is 187 Å². The van der Waals surface area contributed by atoms with Crippen LogP contribution < -0.4 is 10.6 Å². The number of hydrogen-bond donors (Lipinski definition) is 2. The van der Waals surface area contributed by atoms with E-state index in [1.54, 1.807) is 0 Å². The molecule has 8 nitrogen and oxygen atoms in total. The predicted octanol–water partition coefficient (Wildman–Crippen LogP) is 1.72. The fourth-order valence-electron chi connectivity index (χ4n) is 3.17. The number of rotatable bonds is 11. The van der Waals surface area contributed by atoms with Gasteiger partial charge < -0.3 is 24.8 Å². The van der Waals surface area contributed by atoms with Crippen LogP contribution in [-0.2, 0) is 41.6 Å². The van der Waals surface area contributed by atoms with Crippen molar-refractivity contribution >= 4 is 17.8 Å². The third-order valence-electron chi connectivity index (χ3n) is 5.21. The van der Waals surface area contributed by atoms with Crippen LogP contribution in [0.15, 0.2) is 60.7 Å². The molecule has 32 heavy (non-hydrogen) atoms. The van der Waals surface area contributed by atoms with E-state index in [1.165, 1.54) is 7.11 Å². The van der Waals surface area contributed by atoms with Crippen molar-refractivity contribution < 1.29 is 28.6 Å². The van der Waals surface area contributed by atoms with Crippen LogP contribution in [0.3, 0.4) is 0 Å². The molecule has 2 amide bonds. The molecule has 2 aromatic carbocycles. The van der Waals surface area contributed by atoms with Gasteiger partial charge in [0.25, 0.3) is 11.5 Å². The number of carbonyl (C=O) groups excluding carboxylic acids is 3. The van der Waals surface area contributed by atoms with E-state index in [0.717, 1.165) is 11.1 Å². The van der Waals surface area contributed by atoms with Crippen LogP contribution in [-0.4, -0.2) is 49.4 Å². The number of epoxide rings is 1. The minimum absolute atomic E-state index is 0.0258. The summed E-state index contributed by atoms with van der Waals surface area (Å²) >= 11 is 0. The van der Waals surface area contributed by atoms with E-state index >= 15 is 0 Å². The van der Waals surface area contributed by atoms with E-state index in [9.17, 15) is 14.4 Å². The minimum Gasteiger partial charge on any atom is -0.458 e. The molecule has 1 saturated heterocycles. The molecule has 0 radical (unpaired) electrons. The van der Waals surface area contributed by atoms with Crippen LogP contribution in [0.2, 0.25) is 0 Å². The third kappa shape index (κ3) is 5.93. The van der Waals surface area contributed by atoms with Gasteiger partial charge >= 0.3 is 5.97 Å². The molecule has 1 heterocycles. The highest BCUT2D eigenvalue weighted by molar-refractivity contribution is 6.10. The Bertz CT molecular complexity index is 911. The van der Waals surface area contributed by atoms with Crippen molar-refractivity contribution in [1.29, 1.82) is 0 Å². The van der Waals surface area contributed by atoms with E-state index in [2.05, 4.69) is 10.6 Å². The number of esters is 1. The summed E-state index contributed by atoms with van der Waals surface area (Å²) in [6, 6.07) is 17.5. The number of methoxy groups -OCH3 is 1. The molecule has 3 atom stereocenters. The topological polar surface area (TPSA) is 106 Å². The summed E-state index contributed by atoms with van der Waals surface area (Å²) in [4.78, 5) is 38.4. The molecule has 1 fully saturated rings. The molecule has 0 aromatic heterocycles. The molecular formula is C24H28N2O6. The zero-order valence-electron chi connectivity index (χ0n) is 18.2. The molecule has 1 unspecified atom stereocenters. The highest BCUT2D eigenvalue weighted by Gasteiger charge is 2.61. The second-order valence-corrected chi connectivity index (χ2v) is 7.53. The van der Waals surface area contributed by atoms with Gasteiger partial charge in [-0.25, -0.2) is 4.79 Å². The smallest absolute Gasteiger partial charge is 0.351 e. The van der Waals surface area contributed by atoms with Gasteiger partial charge in [-0.3, -0.25) is 9.59 Å². The lowest BCUT2D eigenvalue weighted by Gasteiger charge is -2.23. The fraction of sp³-hybridized carbons (Fsp3) is 0.375. The average molecular weight is 440 g/mol. The van der Waals surface area contributed by atoms with Gasteiger partial charge in [0.2, 0.25) is 5.91 Å². The summed E-state index contributed by atoms with van der Waals surface area (Å²) in [7, 11) is 1.50. The van der Waals surface area contributed by atoms with E-state index in [-0.39, 0.29) is 19.6 Å². The zero-order valence-corrected chi connectivity index (χ0v) is 18.2. The Morgan fingerprint density at radius 1 is 1.00 bits per heavy atom. The van der Waals surface area contributed by atoms with Crippen molar-refractivity contribution in [1.82, 2.24) is 10.6 Å². The molecule has 1 aliphatic heterocycles. The molecule has 0 saturated carbocycles. The number of benzene rings is 2. The summed E-state index contributed by atoms with van der Waals surface area (Å²) in [5.41, 5.74) is -0.0746. The normalized spacial score (nSPS) is 18.8. The van der Waals surface area contributed by atoms with Gasteiger partial charge in [-0.15, -0.1) is 0 Å². The average Bonchev–Trinajstić information content (AvgIpc) is 3.64. The Hall–Kier alpha value is -3.23. The second-order valence-electron chi connectivity index (χ2n) is 7.53. The van der Waals surface area contributed by atoms with Crippen molar-refractivity contribution in [3.63, 3.8) is 0 Å². The summed E-state index contributed by atoms with van der Waals surface area (Å²) in [5, 5.41) is 5.43. The number of nitrogens with one attached hydrogen (secondary N) is 2. The first-order valence-corrected chi connectivity index (χ1v) is 10.5. The maximum atomic E-state index is 13.0. The molecule has 2 N–H and O–H groups in total. The Kier molecular flexibility index (Phi) is 7.97. The quantitative estimate of drug-likeness (QED) is 0.239. The summed E-state index contributed by atoms with van der Waals surface area (Å²) in [5.74, 6) is -1.89. The molecule has 1 aliphatic rings. The van der Waals surface area contributed by atoms with Crippen LogP contribution in [0, 0.1) is 0 Å². The maximum Gasteiger partial charge on any atom is 0.351 e. The van der Waals surface area contributed by atoms with E-state index in [0.29, 0.717) is 6.42 Å². The standard InChI is InChI=1S/C24H28N2O6/c1-3-20(30-2)26-21(27)19(14-17-10-6-4-7-11-17)25-22(28)24(16-32-24)23(29)31-15-18-12-8-5-9-13-18/h4-13,19-20H,3,14-16H2,1-2H3,(H,25,28)(H,26,27)/t19-,20?,24-/m0/s1. The van der Waals surface area contributed by atoms with Gasteiger partial charge in [-0.05, 0) is 17.5 Å². The molecule has 2 aromatic rings. The van der Waals surface area contributed by atoms with Crippen LogP contribution in [0.4, 0.5) is 0 Å². The lowest BCUT2D eigenvalue weighted by atomic mass is 10.0. The molecule has 3 rings (SSSR count). The number of hydrogen-bond acceptors (Lipinski definition) is 6. The van der Waals surface area contributed by atoms with Gasteiger partial charge in [0.05, 0.1) is 6.61 Å². The largest absolute Gasteiger partial charge is 0.458 e. The first kappa shape index (κ1) is 23.4. The molecule has 0 bridgehead atoms. The third-order valence-corrected chi connectivity index (χ3v) is 5.21. The second kappa shape index (κ2) is 10.9. The number of ether oxygens (including phenoxy) is 3. The Balaban J connectivity index is 1.67. The monoisotopic (exact) mass is 440 g/mol. The molecule has 170 valence electrons. The number of amides is 2. The highest BCUT2D eigenvalue weighted by atomic mass is 16.6. The summed E-state index contributed by atoms with van der Waals surface area (Å²) < 4.78 is 15.7. The molecular weight excluding hydrogens is 412 g/mol. The van der Waals surface area contributed by atoms with Gasteiger partial charge in [-0.1, -0.05) is 67.6 Å². The van der Waals surface area contributed by atoms with Crippen LogP contribution in [0.5, 0.6) is 0 Å². The highest BCUT2D eigenvalue weighted by Crippen LogP contribution is 2.29. The van der Waals surface area contributed by atoms with E-state index in [1.807, 2.05) is 67.6 Å². The van der Waals surface area contributed by atoms with E-state index in [4.69, 9.17) is 14.2 Å². The Morgan fingerprint density at radius 2 is 1.59 bits per heavy atom. The summed E-state index contributed by atoms with van der Waals surface area (Å²) in [6.45, 7) is 1.80. The van der Waals surface area contributed by atoms with Crippen LogP contribution in [0.1, 0.15) is 24.5 Å². The van der Waals surface area contributed by atoms with Gasteiger partial charge in [0.1, 0.15) is 18.9 Å². The van der Waals surface area contributed by atoms with Crippen molar-refractivity contribution in [2.75, 3.05) is 13.7 Å². The predicted molar refractivity (Wildman–Crippen MR) is 116 cm³/mol. The van der Waals surface area contributed by atoms with Crippen LogP contribution >= 0.6 is 0 Å². The van der Waals surface area contributed by atoms with Crippen LogP contribution in [0.25, 0.3) is 0 Å².